The topological polar surface area (TPSA) is 60.8 Å². The fourth-order valence-electron chi connectivity index (χ4n) is 3.30. The van der Waals surface area contributed by atoms with Crippen LogP contribution in [0.15, 0.2) is 48.5 Å². The van der Waals surface area contributed by atoms with Gasteiger partial charge < -0.3 is 15.1 Å². The van der Waals surface area contributed by atoms with Crippen LogP contribution in [-0.2, 0) is 17.6 Å². The average molecular weight is 325 g/mol. The number of benzene rings is 2. The van der Waals surface area contributed by atoms with Gasteiger partial charge in [0, 0.05) is 13.1 Å². The van der Waals surface area contributed by atoms with Crippen LogP contribution in [0.1, 0.15) is 24.0 Å². The van der Waals surface area contributed by atoms with E-state index in [2.05, 4.69) is 24.3 Å². The molecule has 2 N–H and O–H groups in total. The molecule has 2 aromatic carbocycles. The predicted octanol–water partition coefficient (Wildman–Crippen LogP) is 3.12. The lowest BCUT2D eigenvalue weighted by atomic mass is 9.90. The molecular weight excluding hydrogens is 302 g/mol. The molecule has 126 valence electrons. The van der Waals surface area contributed by atoms with Gasteiger partial charge in [0.15, 0.2) is 11.5 Å². The van der Waals surface area contributed by atoms with Crippen LogP contribution >= 0.6 is 0 Å². The second kappa shape index (κ2) is 7.39. The molecule has 0 unspecified atom stereocenters. The zero-order valence-corrected chi connectivity index (χ0v) is 13.7. The van der Waals surface area contributed by atoms with Crippen LogP contribution in [0.25, 0.3) is 0 Å². The summed E-state index contributed by atoms with van der Waals surface area (Å²) in [7, 11) is 0. The molecule has 2 aromatic rings. The van der Waals surface area contributed by atoms with E-state index in [0.717, 1.165) is 37.9 Å². The minimum absolute atomic E-state index is 0.0817. The standard InChI is InChI=1S/C20H23NO3/c22-18-7-6-17(13-19(18)23)14-20(24)21-10-8-16(9-11-21)12-15-4-2-1-3-5-15/h1-7,13,16,22-23H,8-12,14H2. The van der Waals surface area contributed by atoms with Crippen LogP contribution in [-0.4, -0.2) is 34.1 Å². The normalized spacial score (nSPS) is 15.4. The van der Waals surface area contributed by atoms with E-state index in [-0.39, 0.29) is 23.8 Å². The summed E-state index contributed by atoms with van der Waals surface area (Å²) in [6, 6.07) is 15.0. The first-order chi connectivity index (χ1) is 11.6. The third-order valence-corrected chi connectivity index (χ3v) is 4.73. The Labute approximate surface area is 142 Å². The highest BCUT2D eigenvalue weighted by Gasteiger charge is 2.23. The van der Waals surface area contributed by atoms with E-state index in [1.165, 1.54) is 17.7 Å². The number of nitrogens with zero attached hydrogens (tertiary/aromatic N) is 1. The zero-order chi connectivity index (χ0) is 16.9. The first-order valence-electron chi connectivity index (χ1n) is 8.44. The third-order valence-electron chi connectivity index (χ3n) is 4.73. The van der Waals surface area contributed by atoms with Gasteiger partial charge in [-0.05, 0) is 48.4 Å². The van der Waals surface area contributed by atoms with E-state index in [4.69, 9.17) is 0 Å². The average Bonchev–Trinajstić information content (AvgIpc) is 2.60. The molecule has 0 bridgehead atoms. The van der Waals surface area contributed by atoms with Gasteiger partial charge in [0.1, 0.15) is 0 Å². The van der Waals surface area contributed by atoms with Crippen molar-refractivity contribution >= 4 is 5.91 Å². The molecule has 1 amide bonds. The molecule has 0 aromatic heterocycles. The Hall–Kier alpha value is -2.49. The van der Waals surface area contributed by atoms with Crippen molar-refractivity contribution < 1.29 is 15.0 Å². The molecule has 3 rings (SSSR count). The van der Waals surface area contributed by atoms with Gasteiger partial charge >= 0.3 is 0 Å². The van der Waals surface area contributed by atoms with Crippen molar-refractivity contribution in [3.8, 4) is 11.5 Å². The van der Waals surface area contributed by atoms with Crippen LogP contribution in [0.5, 0.6) is 11.5 Å². The molecule has 0 atom stereocenters. The van der Waals surface area contributed by atoms with Crippen molar-refractivity contribution in [3.05, 3.63) is 59.7 Å². The maximum absolute atomic E-state index is 12.4. The lowest BCUT2D eigenvalue weighted by Crippen LogP contribution is -2.39. The molecule has 0 radical (unpaired) electrons. The lowest BCUT2D eigenvalue weighted by molar-refractivity contribution is -0.131. The van der Waals surface area contributed by atoms with Crippen molar-refractivity contribution in [1.82, 2.24) is 4.90 Å². The molecule has 0 spiro atoms. The smallest absolute Gasteiger partial charge is 0.226 e. The Kier molecular flexibility index (Phi) is 5.04. The number of aromatic hydroxyl groups is 2. The summed E-state index contributed by atoms with van der Waals surface area (Å²) in [6.07, 6.45) is 3.40. The van der Waals surface area contributed by atoms with Gasteiger partial charge in [0.05, 0.1) is 6.42 Å². The summed E-state index contributed by atoms with van der Waals surface area (Å²) < 4.78 is 0. The monoisotopic (exact) mass is 325 g/mol. The first-order valence-corrected chi connectivity index (χ1v) is 8.44. The predicted molar refractivity (Wildman–Crippen MR) is 92.9 cm³/mol. The van der Waals surface area contributed by atoms with Gasteiger partial charge in [0.25, 0.3) is 0 Å². The van der Waals surface area contributed by atoms with Crippen LogP contribution in [0.4, 0.5) is 0 Å². The van der Waals surface area contributed by atoms with Gasteiger partial charge in [-0.3, -0.25) is 4.79 Å². The van der Waals surface area contributed by atoms with Crippen LogP contribution in [0.2, 0.25) is 0 Å². The minimum Gasteiger partial charge on any atom is -0.504 e. The summed E-state index contributed by atoms with van der Waals surface area (Å²) in [6.45, 7) is 1.58. The number of hydrogen-bond donors (Lipinski definition) is 2. The number of rotatable bonds is 4. The summed E-state index contributed by atoms with van der Waals surface area (Å²) in [5.41, 5.74) is 2.09. The molecule has 24 heavy (non-hydrogen) atoms. The van der Waals surface area contributed by atoms with E-state index in [1.807, 2.05) is 11.0 Å². The fourth-order valence-corrected chi connectivity index (χ4v) is 3.30. The SMILES string of the molecule is O=C(Cc1ccc(O)c(O)c1)N1CCC(Cc2ccccc2)CC1. The van der Waals surface area contributed by atoms with Crippen LogP contribution in [0.3, 0.4) is 0 Å². The van der Waals surface area contributed by atoms with Crippen molar-refractivity contribution in [2.24, 2.45) is 5.92 Å². The third kappa shape index (κ3) is 4.07. The van der Waals surface area contributed by atoms with E-state index in [0.29, 0.717) is 5.92 Å². The molecule has 4 nitrogen and oxygen atoms in total. The summed E-state index contributed by atoms with van der Waals surface area (Å²) in [5.74, 6) is 0.377. The summed E-state index contributed by atoms with van der Waals surface area (Å²) in [5, 5.41) is 18.9. The fraction of sp³-hybridized carbons (Fsp3) is 0.350. The number of piperidine rings is 1. The van der Waals surface area contributed by atoms with Crippen molar-refractivity contribution in [1.29, 1.82) is 0 Å². The van der Waals surface area contributed by atoms with Crippen LogP contribution < -0.4 is 0 Å². The van der Waals surface area contributed by atoms with E-state index in [1.54, 1.807) is 6.07 Å². The molecule has 4 heteroatoms. The number of carbonyl (C=O) groups excluding carboxylic acids is 1. The van der Waals surface area contributed by atoms with E-state index >= 15 is 0 Å². The largest absolute Gasteiger partial charge is 0.504 e. The number of carbonyl (C=O) groups is 1. The quantitative estimate of drug-likeness (QED) is 0.849. The Bertz CT molecular complexity index is 691. The summed E-state index contributed by atoms with van der Waals surface area (Å²) >= 11 is 0. The molecule has 1 fully saturated rings. The number of phenols is 2. The maximum Gasteiger partial charge on any atom is 0.226 e. The van der Waals surface area contributed by atoms with E-state index in [9.17, 15) is 15.0 Å². The first kappa shape index (κ1) is 16.4. The molecular formula is C20H23NO3. The minimum atomic E-state index is -0.179. The Morgan fingerprint density at radius 3 is 2.33 bits per heavy atom. The highest BCUT2D eigenvalue weighted by atomic mass is 16.3. The number of amides is 1. The van der Waals surface area contributed by atoms with Gasteiger partial charge in [-0.1, -0.05) is 36.4 Å². The Morgan fingerprint density at radius 2 is 1.67 bits per heavy atom. The summed E-state index contributed by atoms with van der Waals surface area (Å²) in [4.78, 5) is 14.3. The van der Waals surface area contributed by atoms with Gasteiger partial charge in [-0.25, -0.2) is 0 Å². The number of hydrogen-bond acceptors (Lipinski definition) is 3. The zero-order valence-electron chi connectivity index (χ0n) is 13.7. The maximum atomic E-state index is 12.4. The Balaban J connectivity index is 1.50. The molecule has 1 heterocycles. The van der Waals surface area contributed by atoms with Gasteiger partial charge in [-0.2, -0.15) is 0 Å². The Morgan fingerprint density at radius 1 is 0.958 bits per heavy atom. The molecule has 0 saturated carbocycles. The lowest BCUT2D eigenvalue weighted by Gasteiger charge is -2.32. The van der Waals surface area contributed by atoms with Gasteiger partial charge in [0.2, 0.25) is 5.91 Å². The van der Waals surface area contributed by atoms with E-state index < -0.39 is 0 Å². The molecule has 0 aliphatic carbocycles. The van der Waals surface area contributed by atoms with Crippen molar-refractivity contribution in [2.75, 3.05) is 13.1 Å². The molecule has 1 saturated heterocycles. The van der Waals surface area contributed by atoms with Gasteiger partial charge in [-0.15, -0.1) is 0 Å². The highest BCUT2D eigenvalue weighted by Crippen LogP contribution is 2.26. The van der Waals surface area contributed by atoms with Crippen LogP contribution in [0, 0.1) is 5.92 Å². The second-order valence-corrected chi connectivity index (χ2v) is 6.51. The second-order valence-electron chi connectivity index (χ2n) is 6.51. The number of likely N-dealkylation sites (tertiary alicyclic amines) is 1. The molecule has 1 aliphatic heterocycles. The number of phenolic OH excluding ortho intramolecular Hbond substituents is 2. The van der Waals surface area contributed by atoms with Crippen molar-refractivity contribution in [2.45, 2.75) is 25.7 Å². The van der Waals surface area contributed by atoms with Crippen molar-refractivity contribution in [3.63, 3.8) is 0 Å². The highest BCUT2D eigenvalue weighted by molar-refractivity contribution is 5.79. The molecule has 1 aliphatic rings.